The largest absolute Gasteiger partial charge is 0.376 e. The van der Waals surface area contributed by atoms with Crippen molar-refractivity contribution in [3.8, 4) is 0 Å². The van der Waals surface area contributed by atoms with Crippen LogP contribution in [0.5, 0.6) is 0 Å². The van der Waals surface area contributed by atoms with Crippen LogP contribution in [0.2, 0.25) is 0 Å². The summed E-state index contributed by atoms with van der Waals surface area (Å²) in [5.74, 6) is -0.108. The molecule has 1 N–H and O–H groups in total. The Hall–Kier alpha value is -2.71. The molecule has 7 nitrogen and oxygen atoms in total. The molecule has 1 saturated heterocycles. The fraction of sp³-hybridized carbons (Fsp3) is 0.364. The molecule has 1 aliphatic heterocycles. The van der Waals surface area contributed by atoms with Crippen molar-refractivity contribution >= 4 is 23.4 Å². The van der Waals surface area contributed by atoms with E-state index in [-0.39, 0.29) is 12.0 Å². The third kappa shape index (κ3) is 5.06. The lowest BCUT2D eigenvalue weighted by molar-refractivity contribution is -0.115. The van der Waals surface area contributed by atoms with Crippen molar-refractivity contribution in [3.63, 3.8) is 0 Å². The van der Waals surface area contributed by atoms with E-state index >= 15 is 0 Å². The van der Waals surface area contributed by atoms with Gasteiger partial charge in [-0.15, -0.1) is 5.10 Å². The first-order valence-corrected chi connectivity index (χ1v) is 10.9. The number of aryl methyl sites for hydroxylation is 2. The van der Waals surface area contributed by atoms with E-state index in [1.54, 1.807) is 4.68 Å². The summed E-state index contributed by atoms with van der Waals surface area (Å²) in [7, 11) is 0. The lowest BCUT2D eigenvalue weighted by atomic mass is 10.1. The van der Waals surface area contributed by atoms with Crippen LogP contribution in [0.25, 0.3) is 0 Å². The smallest absolute Gasteiger partial charge is 0.242 e. The molecular formula is C22H25N5O2S. The second kappa shape index (κ2) is 9.40. The highest BCUT2D eigenvalue weighted by atomic mass is 32.2. The maximum absolute atomic E-state index is 13.3. The first-order chi connectivity index (χ1) is 14.6. The minimum atomic E-state index is -0.485. The lowest BCUT2D eigenvalue weighted by Gasteiger charge is -2.17. The van der Waals surface area contributed by atoms with Gasteiger partial charge in [0.15, 0.2) is 0 Å². The predicted molar refractivity (Wildman–Crippen MR) is 116 cm³/mol. The molecule has 0 spiro atoms. The fourth-order valence-corrected chi connectivity index (χ4v) is 4.62. The normalized spacial score (nSPS) is 17.1. The Labute approximate surface area is 180 Å². The highest BCUT2D eigenvalue weighted by molar-refractivity contribution is 8.00. The standard InChI is InChI=1S/C22H25N5O2S/c1-15-11-16(2)13-18(12-15)23-21(28)20(17-7-4-3-5-8-17)30-22-24-25-26-27(22)14-19-9-6-10-29-19/h3-5,7-8,11-13,19-20H,6,9-10,14H2,1-2H3,(H,23,28)/t19-,20+/m1/s1. The van der Waals surface area contributed by atoms with Gasteiger partial charge < -0.3 is 10.1 Å². The Kier molecular flexibility index (Phi) is 6.44. The number of rotatable bonds is 7. The van der Waals surface area contributed by atoms with Crippen molar-refractivity contribution in [3.05, 3.63) is 65.2 Å². The van der Waals surface area contributed by atoms with Crippen molar-refractivity contribution < 1.29 is 9.53 Å². The molecule has 156 valence electrons. The molecule has 2 aromatic carbocycles. The first-order valence-electron chi connectivity index (χ1n) is 10.1. The number of nitrogens with zero attached hydrogens (tertiary/aromatic N) is 4. The number of thioether (sulfide) groups is 1. The molecule has 0 saturated carbocycles. The van der Waals surface area contributed by atoms with Gasteiger partial charge in [-0.2, -0.15) is 0 Å². The zero-order valence-corrected chi connectivity index (χ0v) is 17.9. The van der Waals surface area contributed by atoms with Crippen molar-refractivity contribution in [1.82, 2.24) is 20.2 Å². The van der Waals surface area contributed by atoms with Crippen LogP contribution in [0.4, 0.5) is 5.69 Å². The van der Waals surface area contributed by atoms with E-state index in [4.69, 9.17) is 4.74 Å². The molecule has 1 aromatic heterocycles. The Bertz CT molecular complexity index is 982. The van der Waals surface area contributed by atoms with Crippen molar-refractivity contribution in [1.29, 1.82) is 0 Å². The molecule has 0 bridgehead atoms. The fourth-order valence-electron chi connectivity index (χ4n) is 3.64. The monoisotopic (exact) mass is 423 g/mol. The minimum absolute atomic E-state index is 0.108. The van der Waals surface area contributed by atoms with E-state index in [0.717, 1.165) is 41.8 Å². The summed E-state index contributed by atoms with van der Waals surface area (Å²) in [6.45, 7) is 5.41. The Morgan fingerprint density at radius 2 is 2.00 bits per heavy atom. The summed E-state index contributed by atoms with van der Waals surface area (Å²) in [6, 6.07) is 15.7. The summed E-state index contributed by atoms with van der Waals surface area (Å²) in [4.78, 5) is 13.3. The van der Waals surface area contributed by atoms with Gasteiger partial charge in [-0.3, -0.25) is 4.79 Å². The van der Waals surface area contributed by atoms with Crippen LogP contribution in [0, 0.1) is 13.8 Å². The van der Waals surface area contributed by atoms with Gasteiger partial charge in [0.25, 0.3) is 0 Å². The van der Waals surface area contributed by atoms with Crippen molar-refractivity contribution in [2.45, 2.75) is 49.7 Å². The molecule has 4 rings (SSSR count). The van der Waals surface area contributed by atoms with Crippen LogP contribution in [-0.2, 0) is 16.1 Å². The highest BCUT2D eigenvalue weighted by Gasteiger charge is 2.26. The second-order valence-electron chi connectivity index (χ2n) is 7.55. The summed E-state index contributed by atoms with van der Waals surface area (Å²) >= 11 is 1.35. The number of ether oxygens (including phenoxy) is 1. The molecule has 8 heteroatoms. The Morgan fingerprint density at radius 3 is 2.70 bits per heavy atom. The van der Waals surface area contributed by atoms with Crippen LogP contribution < -0.4 is 5.32 Å². The molecule has 0 aliphatic carbocycles. The third-order valence-electron chi connectivity index (χ3n) is 4.95. The van der Waals surface area contributed by atoms with Crippen LogP contribution in [0.1, 0.15) is 34.8 Å². The van der Waals surface area contributed by atoms with E-state index in [2.05, 4.69) is 26.9 Å². The quantitative estimate of drug-likeness (QED) is 0.580. The zero-order chi connectivity index (χ0) is 20.9. The highest BCUT2D eigenvalue weighted by Crippen LogP contribution is 2.35. The number of carbonyl (C=O) groups excluding carboxylic acids is 1. The maximum atomic E-state index is 13.3. The van der Waals surface area contributed by atoms with Gasteiger partial charge in [-0.25, -0.2) is 4.68 Å². The van der Waals surface area contributed by atoms with E-state index in [0.29, 0.717) is 11.7 Å². The maximum Gasteiger partial charge on any atom is 0.242 e. The summed E-state index contributed by atoms with van der Waals surface area (Å²) in [6.07, 6.45) is 2.17. The molecule has 3 aromatic rings. The van der Waals surface area contributed by atoms with Gasteiger partial charge in [-0.05, 0) is 65.9 Å². The van der Waals surface area contributed by atoms with Crippen molar-refractivity contribution in [2.75, 3.05) is 11.9 Å². The SMILES string of the molecule is Cc1cc(C)cc(NC(=O)[C@@H](Sc2nnnn2C[C@H]2CCCO2)c2ccccc2)c1. The van der Waals surface area contributed by atoms with E-state index in [9.17, 15) is 4.79 Å². The van der Waals surface area contributed by atoms with Crippen LogP contribution >= 0.6 is 11.8 Å². The number of benzene rings is 2. The molecule has 30 heavy (non-hydrogen) atoms. The van der Waals surface area contributed by atoms with E-state index in [1.165, 1.54) is 11.8 Å². The number of anilines is 1. The molecule has 1 aliphatic rings. The number of hydrogen-bond acceptors (Lipinski definition) is 6. The van der Waals surface area contributed by atoms with Gasteiger partial charge in [-0.1, -0.05) is 48.2 Å². The summed E-state index contributed by atoms with van der Waals surface area (Å²) < 4.78 is 7.45. The van der Waals surface area contributed by atoms with Gasteiger partial charge in [0.2, 0.25) is 11.1 Å². The predicted octanol–water partition coefficient (Wildman–Crippen LogP) is 3.94. The number of aromatic nitrogens is 4. The van der Waals surface area contributed by atoms with Gasteiger partial charge in [0.1, 0.15) is 5.25 Å². The van der Waals surface area contributed by atoms with Crippen LogP contribution in [-0.4, -0.2) is 38.8 Å². The number of carbonyl (C=O) groups is 1. The lowest BCUT2D eigenvalue weighted by Crippen LogP contribution is -2.21. The van der Waals surface area contributed by atoms with E-state index < -0.39 is 5.25 Å². The second-order valence-corrected chi connectivity index (χ2v) is 8.63. The molecule has 1 amide bonds. The first kappa shape index (κ1) is 20.6. The minimum Gasteiger partial charge on any atom is -0.376 e. The van der Waals surface area contributed by atoms with E-state index in [1.807, 2.05) is 56.3 Å². The number of tetrazole rings is 1. The van der Waals surface area contributed by atoms with Gasteiger partial charge in [0, 0.05) is 12.3 Å². The Morgan fingerprint density at radius 1 is 1.23 bits per heavy atom. The zero-order valence-electron chi connectivity index (χ0n) is 17.1. The third-order valence-corrected chi connectivity index (χ3v) is 6.18. The summed E-state index contributed by atoms with van der Waals surface area (Å²) in [5.41, 5.74) is 3.90. The molecule has 2 atom stereocenters. The molecule has 1 fully saturated rings. The average molecular weight is 424 g/mol. The van der Waals surface area contributed by atoms with Crippen LogP contribution in [0.15, 0.2) is 53.7 Å². The molecular weight excluding hydrogens is 398 g/mol. The average Bonchev–Trinajstić information content (AvgIpc) is 3.38. The number of hydrogen-bond donors (Lipinski definition) is 1. The summed E-state index contributed by atoms with van der Waals surface area (Å²) in [5, 5.41) is 15.3. The Balaban J connectivity index is 1.56. The number of nitrogens with one attached hydrogen (secondary N) is 1. The van der Waals surface area contributed by atoms with Gasteiger partial charge in [0.05, 0.1) is 12.6 Å². The van der Waals surface area contributed by atoms with Crippen molar-refractivity contribution in [2.24, 2.45) is 0 Å². The van der Waals surface area contributed by atoms with Gasteiger partial charge >= 0.3 is 0 Å². The topological polar surface area (TPSA) is 81.9 Å². The van der Waals surface area contributed by atoms with Crippen LogP contribution in [0.3, 0.4) is 0 Å². The number of amides is 1. The molecule has 0 radical (unpaired) electrons. The molecule has 0 unspecified atom stereocenters. The molecule has 2 heterocycles.